The SMILES string of the molecule is Cc1ccccc1CNC(=O)c1ccnc(Nc2ccc(F)c(F)c2)c1. The lowest BCUT2D eigenvalue weighted by Crippen LogP contribution is -2.23. The van der Waals surface area contributed by atoms with Crippen molar-refractivity contribution in [1.82, 2.24) is 10.3 Å². The van der Waals surface area contributed by atoms with E-state index in [1.54, 1.807) is 12.1 Å². The maximum atomic E-state index is 13.3. The van der Waals surface area contributed by atoms with Gasteiger partial charge in [0.1, 0.15) is 5.82 Å². The molecule has 26 heavy (non-hydrogen) atoms. The van der Waals surface area contributed by atoms with E-state index in [0.29, 0.717) is 23.6 Å². The van der Waals surface area contributed by atoms with Crippen molar-refractivity contribution >= 4 is 17.4 Å². The number of hydrogen-bond donors (Lipinski definition) is 2. The predicted octanol–water partition coefficient (Wildman–Crippen LogP) is 4.34. The molecular weight excluding hydrogens is 336 g/mol. The van der Waals surface area contributed by atoms with Gasteiger partial charge >= 0.3 is 0 Å². The number of nitrogens with zero attached hydrogens (tertiary/aromatic N) is 1. The van der Waals surface area contributed by atoms with Gasteiger partial charge in [-0.3, -0.25) is 4.79 Å². The van der Waals surface area contributed by atoms with Crippen molar-refractivity contribution in [2.75, 3.05) is 5.32 Å². The van der Waals surface area contributed by atoms with E-state index in [0.717, 1.165) is 23.3 Å². The number of nitrogens with one attached hydrogen (secondary N) is 2. The molecule has 0 unspecified atom stereocenters. The Kier molecular flexibility index (Phi) is 5.22. The van der Waals surface area contributed by atoms with Crippen molar-refractivity contribution in [3.05, 3.63) is 89.1 Å². The maximum Gasteiger partial charge on any atom is 0.251 e. The number of benzene rings is 2. The molecule has 3 aromatic rings. The molecule has 0 aliphatic carbocycles. The summed E-state index contributed by atoms with van der Waals surface area (Å²) in [4.78, 5) is 16.5. The van der Waals surface area contributed by atoms with Crippen LogP contribution in [-0.2, 0) is 6.54 Å². The van der Waals surface area contributed by atoms with Gasteiger partial charge in [0.05, 0.1) is 0 Å². The molecule has 3 rings (SSSR count). The van der Waals surface area contributed by atoms with Crippen LogP contribution in [0, 0.1) is 18.6 Å². The average Bonchev–Trinajstić information content (AvgIpc) is 2.64. The zero-order chi connectivity index (χ0) is 18.5. The summed E-state index contributed by atoms with van der Waals surface area (Å²) in [6.45, 7) is 2.40. The summed E-state index contributed by atoms with van der Waals surface area (Å²) in [5.74, 6) is -1.77. The molecule has 0 atom stereocenters. The van der Waals surface area contributed by atoms with Crippen molar-refractivity contribution in [3.8, 4) is 0 Å². The second kappa shape index (κ2) is 7.74. The van der Waals surface area contributed by atoms with E-state index in [-0.39, 0.29) is 5.91 Å². The zero-order valence-corrected chi connectivity index (χ0v) is 14.1. The van der Waals surface area contributed by atoms with E-state index in [1.165, 1.54) is 12.3 Å². The van der Waals surface area contributed by atoms with Gasteiger partial charge in [0.25, 0.3) is 5.91 Å². The first-order valence-corrected chi connectivity index (χ1v) is 8.04. The average molecular weight is 353 g/mol. The van der Waals surface area contributed by atoms with Crippen molar-refractivity contribution in [1.29, 1.82) is 0 Å². The van der Waals surface area contributed by atoms with Gasteiger partial charge in [0.15, 0.2) is 11.6 Å². The molecule has 0 saturated carbocycles. The Morgan fingerprint density at radius 1 is 1.04 bits per heavy atom. The number of aryl methyl sites for hydroxylation is 1. The number of aromatic nitrogens is 1. The molecular formula is C20H17F2N3O. The third kappa shape index (κ3) is 4.22. The highest BCUT2D eigenvalue weighted by atomic mass is 19.2. The lowest BCUT2D eigenvalue weighted by atomic mass is 10.1. The Hall–Kier alpha value is -3.28. The maximum absolute atomic E-state index is 13.3. The zero-order valence-electron chi connectivity index (χ0n) is 14.1. The van der Waals surface area contributed by atoms with E-state index in [9.17, 15) is 13.6 Å². The molecule has 1 aromatic heterocycles. The second-order valence-electron chi connectivity index (χ2n) is 5.79. The van der Waals surface area contributed by atoms with Gasteiger partial charge in [-0.1, -0.05) is 24.3 Å². The topological polar surface area (TPSA) is 54.0 Å². The fourth-order valence-electron chi connectivity index (χ4n) is 2.45. The standard InChI is InChI=1S/C20H17F2N3O/c1-13-4-2-3-5-15(13)12-24-20(26)14-8-9-23-19(10-14)25-16-6-7-17(21)18(22)11-16/h2-11H,12H2,1H3,(H,23,25)(H,24,26). The molecule has 0 fully saturated rings. The summed E-state index contributed by atoms with van der Waals surface area (Å²) in [5.41, 5.74) is 2.89. The normalized spacial score (nSPS) is 10.4. The van der Waals surface area contributed by atoms with Crippen LogP contribution in [0.2, 0.25) is 0 Å². The van der Waals surface area contributed by atoms with Gasteiger partial charge in [0, 0.05) is 30.1 Å². The van der Waals surface area contributed by atoms with Crippen LogP contribution in [0.5, 0.6) is 0 Å². The predicted molar refractivity (Wildman–Crippen MR) is 96.2 cm³/mol. The van der Waals surface area contributed by atoms with E-state index in [1.807, 2.05) is 31.2 Å². The minimum atomic E-state index is -0.956. The minimum absolute atomic E-state index is 0.246. The van der Waals surface area contributed by atoms with E-state index in [4.69, 9.17) is 0 Å². The highest BCUT2D eigenvalue weighted by Gasteiger charge is 2.09. The van der Waals surface area contributed by atoms with Crippen LogP contribution in [0.3, 0.4) is 0 Å². The summed E-state index contributed by atoms with van der Waals surface area (Å²) < 4.78 is 26.3. The minimum Gasteiger partial charge on any atom is -0.348 e. The first-order chi connectivity index (χ1) is 12.5. The van der Waals surface area contributed by atoms with Gasteiger partial charge in [-0.2, -0.15) is 0 Å². The van der Waals surface area contributed by atoms with E-state index in [2.05, 4.69) is 15.6 Å². The van der Waals surface area contributed by atoms with E-state index < -0.39 is 11.6 Å². The van der Waals surface area contributed by atoms with Crippen molar-refractivity contribution in [2.45, 2.75) is 13.5 Å². The third-order valence-corrected chi connectivity index (χ3v) is 3.91. The number of hydrogen-bond acceptors (Lipinski definition) is 3. The molecule has 1 heterocycles. The molecule has 4 nitrogen and oxygen atoms in total. The number of carbonyl (C=O) groups excluding carboxylic acids is 1. The summed E-state index contributed by atoms with van der Waals surface area (Å²) in [6.07, 6.45) is 1.48. The highest BCUT2D eigenvalue weighted by Crippen LogP contribution is 2.18. The number of anilines is 2. The van der Waals surface area contributed by atoms with Crippen LogP contribution in [-0.4, -0.2) is 10.9 Å². The number of pyridine rings is 1. The van der Waals surface area contributed by atoms with Gasteiger partial charge in [-0.15, -0.1) is 0 Å². The molecule has 0 aliphatic heterocycles. The first kappa shape index (κ1) is 17.5. The monoisotopic (exact) mass is 353 g/mol. The largest absolute Gasteiger partial charge is 0.348 e. The quantitative estimate of drug-likeness (QED) is 0.717. The van der Waals surface area contributed by atoms with Crippen LogP contribution >= 0.6 is 0 Å². The molecule has 2 aromatic carbocycles. The van der Waals surface area contributed by atoms with Crippen molar-refractivity contribution < 1.29 is 13.6 Å². The summed E-state index contributed by atoms with van der Waals surface area (Å²) in [7, 11) is 0. The summed E-state index contributed by atoms with van der Waals surface area (Å²) >= 11 is 0. The number of amides is 1. The number of halogens is 2. The van der Waals surface area contributed by atoms with Crippen LogP contribution < -0.4 is 10.6 Å². The molecule has 0 aliphatic rings. The second-order valence-corrected chi connectivity index (χ2v) is 5.79. The Morgan fingerprint density at radius 3 is 2.62 bits per heavy atom. The summed E-state index contributed by atoms with van der Waals surface area (Å²) in [5, 5.41) is 5.71. The smallest absolute Gasteiger partial charge is 0.251 e. The van der Waals surface area contributed by atoms with Crippen molar-refractivity contribution in [2.24, 2.45) is 0 Å². The van der Waals surface area contributed by atoms with Gasteiger partial charge < -0.3 is 10.6 Å². The Labute approximate surface area is 149 Å². The Morgan fingerprint density at radius 2 is 1.85 bits per heavy atom. The van der Waals surface area contributed by atoms with Gasteiger partial charge in [0.2, 0.25) is 0 Å². The molecule has 1 amide bonds. The molecule has 6 heteroatoms. The van der Waals surface area contributed by atoms with Crippen LogP contribution in [0.25, 0.3) is 0 Å². The molecule has 2 N–H and O–H groups in total. The van der Waals surface area contributed by atoms with Crippen molar-refractivity contribution in [3.63, 3.8) is 0 Å². The lowest BCUT2D eigenvalue weighted by Gasteiger charge is -2.10. The third-order valence-electron chi connectivity index (χ3n) is 3.91. The van der Waals surface area contributed by atoms with Gasteiger partial charge in [-0.05, 0) is 42.3 Å². The lowest BCUT2D eigenvalue weighted by molar-refractivity contribution is 0.0951. The highest BCUT2D eigenvalue weighted by molar-refractivity contribution is 5.94. The number of carbonyl (C=O) groups is 1. The van der Waals surface area contributed by atoms with Crippen LogP contribution in [0.15, 0.2) is 60.8 Å². The van der Waals surface area contributed by atoms with Crippen LogP contribution in [0.1, 0.15) is 21.5 Å². The fourth-order valence-corrected chi connectivity index (χ4v) is 2.45. The van der Waals surface area contributed by atoms with Gasteiger partial charge in [-0.25, -0.2) is 13.8 Å². The fraction of sp³-hybridized carbons (Fsp3) is 0.100. The molecule has 0 saturated heterocycles. The number of rotatable bonds is 5. The van der Waals surface area contributed by atoms with E-state index >= 15 is 0 Å². The summed E-state index contributed by atoms with van der Waals surface area (Å²) in [6, 6.07) is 14.4. The Balaban J connectivity index is 1.69. The van der Waals surface area contributed by atoms with Crippen LogP contribution in [0.4, 0.5) is 20.3 Å². The molecule has 0 radical (unpaired) electrons. The molecule has 0 spiro atoms. The Bertz CT molecular complexity index is 944. The first-order valence-electron chi connectivity index (χ1n) is 8.04. The molecule has 132 valence electrons. The molecule has 0 bridgehead atoms.